The molecule has 1 aromatic rings. The minimum atomic E-state index is -3.83. The van der Waals surface area contributed by atoms with Crippen molar-refractivity contribution in [2.24, 2.45) is 11.8 Å². The summed E-state index contributed by atoms with van der Waals surface area (Å²) < 4.78 is 34.6. The number of carbonyl (C=O) groups excluding carboxylic acids is 1. The topological polar surface area (TPSA) is 87.2 Å². The Balaban J connectivity index is 1.97. The van der Waals surface area contributed by atoms with Crippen LogP contribution in [-0.2, 0) is 14.8 Å². The van der Waals surface area contributed by atoms with Crippen molar-refractivity contribution in [3.05, 3.63) is 22.7 Å². The molecule has 0 spiro atoms. The number of nitrogens with zero attached hydrogens (tertiary/aromatic N) is 2. The molecule has 1 saturated carbocycles. The number of aliphatic hydroxyl groups is 1. The molecule has 3 rings (SSSR count). The fraction of sp³-hybridized carbons (Fsp3) is 0.632. The van der Waals surface area contributed by atoms with Crippen LogP contribution in [0.5, 0.6) is 5.75 Å². The molecular formula is C19H27BrN2O5S. The van der Waals surface area contributed by atoms with Gasteiger partial charge in [-0.05, 0) is 38.0 Å². The molecule has 156 valence electrons. The summed E-state index contributed by atoms with van der Waals surface area (Å²) >= 11 is 3.37. The molecule has 1 aliphatic carbocycles. The third kappa shape index (κ3) is 4.37. The van der Waals surface area contributed by atoms with Crippen molar-refractivity contribution in [3.63, 3.8) is 0 Å². The molecule has 0 unspecified atom stereocenters. The smallest absolute Gasteiger partial charge is 0.247 e. The van der Waals surface area contributed by atoms with Crippen LogP contribution in [0.15, 0.2) is 27.6 Å². The van der Waals surface area contributed by atoms with Gasteiger partial charge in [-0.1, -0.05) is 22.9 Å². The highest BCUT2D eigenvalue weighted by molar-refractivity contribution is 9.10. The molecule has 0 saturated heterocycles. The Morgan fingerprint density at radius 2 is 2.11 bits per heavy atom. The maximum Gasteiger partial charge on any atom is 0.247 e. The van der Waals surface area contributed by atoms with Crippen LogP contribution < -0.4 is 4.74 Å². The lowest BCUT2D eigenvalue weighted by molar-refractivity contribution is -0.132. The average molecular weight is 475 g/mol. The van der Waals surface area contributed by atoms with Gasteiger partial charge in [0, 0.05) is 35.9 Å². The molecule has 0 aromatic heterocycles. The SMILES string of the molecule is C[C@H]1CN([C@@H](C)CO)S(=O)(=O)c2ccc(Br)cc2O[C@H]1CN(C)C(=O)C1CC1. The largest absolute Gasteiger partial charge is 0.487 e. The van der Waals surface area contributed by atoms with Crippen LogP contribution in [0.3, 0.4) is 0 Å². The molecule has 3 atom stereocenters. The molecule has 1 aliphatic heterocycles. The van der Waals surface area contributed by atoms with Gasteiger partial charge in [0.15, 0.2) is 0 Å². The molecule has 28 heavy (non-hydrogen) atoms. The summed E-state index contributed by atoms with van der Waals surface area (Å²) in [6, 6.07) is 4.25. The van der Waals surface area contributed by atoms with E-state index in [1.165, 1.54) is 10.4 Å². The summed E-state index contributed by atoms with van der Waals surface area (Å²) in [5, 5.41) is 9.61. The first-order valence-corrected chi connectivity index (χ1v) is 11.7. The van der Waals surface area contributed by atoms with Gasteiger partial charge < -0.3 is 14.7 Å². The molecule has 0 bridgehead atoms. The molecule has 1 aromatic carbocycles. The Bertz CT molecular complexity index is 843. The van der Waals surface area contributed by atoms with Gasteiger partial charge in [-0.25, -0.2) is 8.42 Å². The van der Waals surface area contributed by atoms with E-state index < -0.39 is 16.1 Å². The van der Waals surface area contributed by atoms with Crippen LogP contribution in [0.2, 0.25) is 0 Å². The first-order chi connectivity index (χ1) is 13.1. The number of carbonyl (C=O) groups is 1. The Morgan fingerprint density at radius 1 is 1.43 bits per heavy atom. The highest BCUT2D eigenvalue weighted by Gasteiger charge is 2.39. The number of sulfonamides is 1. The van der Waals surface area contributed by atoms with E-state index in [1.807, 2.05) is 6.92 Å². The zero-order chi connectivity index (χ0) is 20.6. The number of halogens is 1. The Labute approximate surface area is 174 Å². The van der Waals surface area contributed by atoms with Crippen LogP contribution in [0.4, 0.5) is 0 Å². The Kier molecular flexibility index (Phi) is 6.38. The number of likely N-dealkylation sites (N-methyl/N-ethyl adjacent to an activating group) is 1. The number of fused-ring (bicyclic) bond motifs is 1. The van der Waals surface area contributed by atoms with Crippen LogP contribution >= 0.6 is 15.9 Å². The summed E-state index contributed by atoms with van der Waals surface area (Å²) in [6.07, 6.45) is 1.49. The molecular weight excluding hydrogens is 448 g/mol. The molecule has 1 fully saturated rings. The van der Waals surface area contributed by atoms with Gasteiger partial charge in [-0.2, -0.15) is 4.31 Å². The van der Waals surface area contributed by atoms with E-state index >= 15 is 0 Å². The molecule has 2 aliphatic rings. The van der Waals surface area contributed by atoms with Gasteiger partial charge in [0.25, 0.3) is 0 Å². The third-order valence-corrected chi connectivity index (χ3v) is 7.90. The Hall–Kier alpha value is -1.16. The van der Waals surface area contributed by atoms with E-state index in [-0.39, 0.29) is 47.6 Å². The summed E-state index contributed by atoms with van der Waals surface area (Å²) in [4.78, 5) is 14.1. The fourth-order valence-electron chi connectivity index (χ4n) is 3.42. The van der Waals surface area contributed by atoms with Crippen molar-refractivity contribution in [2.75, 3.05) is 26.7 Å². The third-order valence-electron chi connectivity index (χ3n) is 5.39. The van der Waals surface area contributed by atoms with Gasteiger partial charge in [0.05, 0.1) is 13.2 Å². The van der Waals surface area contributed by atoms with Crippen molar-refractivity contribution < 1.29 is 23.1 Å². The normalized spacial score (nSPS) is 25.8. The number of rotatable bonds is 5. The van der Waals surface area contributed by atoms with Crippen molar-refractivity contribution >= 4 is 31.9 Å². The number of amides is 1. The fourth-order valence-corrected chi connectivity index (χ4v) is 5.59. The highest BCUT2D eigenvalue weighted by atomic mass is 79.9. The minimum Gasteiger partial charge on any atom is -0.487 e. The maximum absolute atomic E-state index is 13.2. The number of aliphatic hydroxyl groups excluding tert-OH is 1. The van der Waals surface area contributed by atoms with Crippen LogP contribution in [0, 0.1) is 11.8 Å². The second-order valence-electron chi connectivity index (χ2n) is 7.82. The Morgan fingerprint density at radius 3 is 2.71 bits per heavy atom. The zero-order valence-electron chi connectivity index (χ0n) is 16.3. The second kappa shape index (κ2) is 8.30. The van der Waals surface area contributed by atoms with Gasteiger partial charge >= 0.3 is 0 Å². The first kappa shape index (κ1) is 21.5. The molecule has 1 heterocycles. The predicted molar refractivity (Wildman–Crippen MR) is 109 cm³/mol. The number of hydrogen-bond donors (Lipinski definition) is 1. The van der Waals surface area contributed by atoms with Crippen molar-refractivity contribution in [2.45, 2.75) is 43.7 Å². The quantitative estimate of drug-likeness (QED) is 0.705. The van der Waals surface area contributed by atoms with Gasteiger partial charge in [0.2, 0.25) is 15.9 Å². The standard InChI is InChI=1S/C19H27BrN2O5S/c1-12-9-22(13(2)11-23)28(25,26)18-7-6-15(20)8-16(18)27-17(12)10-21(3)19(24)14-4-5-14/h6-8,12-14,17,23H,4-5,9-11H2,1-3H3/t12-,13-,17-/m0/s1. The van der Waals surface area contributed by atoms with E-state index in [4.69, 9.17) is 4.74 Å². The lowest BCUT2D eigenvalue weighted by Gasteiger charge is -2.37. The lowest BCUT2D eigenvalue weighted by Crippen LogP contribution is -2.50. The summed E-state index contributed by atoms with van der Waals surface area (Å²) in [5.41, 5.74) is 0. The number of ether oxygens (including phenoxy) is 1. The summed E-state index contributed by atoms with van der Waals surface area (Å²) in [7, 11) is -2.06. The highest BCUT2D eigenvalue weighted by Crippen LogP contribution is 2.36. The van der Waals surface area contributed by atoms with Crippen LogP contribution in [-0.4, -0.2) is 67.5 Å². The zero-order valence-corrected chi connectivity index (χ0v) is 18.7. The number of hydrogen-bond acceptors (Lipinski definition) is 5. The van der Waals surface area contributed by atoms with Crippen LogP contribution in [0.25, 0.3) is 0 Å². The molecule has 1 N–H and O–H groups in total. The summed E-state index contributed by atoms with van der Waals surface area (Å²) in [6.45, 7) is 3.90. The van der Waals surface area contributed by atoms with E-state index in [9.17, 15) is 18.3 Å². The molecule has 7 nitrogen and oxygen atoms in total. The van der Waals surface area contributed by atoms with Crippen molar-refractivity contribution in [3.8, 4) is 5.75 Å². The first-order valence-electron chi connectivity index (χ1n) is 9.49. The monoisotopic (exact) mass is 474 g/mol. The van der Waals surface area contributed by atoms with Gasteiger partial charge in [0.1, 0.15) is 16.7 Å². The average Bonchev–Trinajstić information content (AvgIpc) is 3.48. The second-order valence-corrected chi connectivity index (χ2v) is 10.6. The molecule has 1 amide bonds. The number of benzene rings is 1. The predicted octanol–water partition coefficient (Wildman–Crippen LogP) is 2.09. The van der Waals surface area contributed by atoms with Crippen molar-refractivity contribution in [1.82, 2.24) is 9.21 Å². The van der Waals surface area contributed by atoms with Crippen LogP contribution in [0.1, 0.15) is 26.7 Å². The van der Waals surface area contributed by atoms with E-state index in [0.717, 1.165) is 12.8 Å². The van der Waals surface area contributed by atoms with Gasteiger partial charge in [-0.15, -0.1) is 0 Å². The van der Waals surface area contributed by atoms with Crippen molar-refractivity contribution in [1.29, 1.82) is 0 Å². The molecule has 0 radical (unpaired) electrons. The van der Waals surface area contributed by atoms with Gasteiger partial charge in [-0.3, -0.25) is 4.79 Å². The maximum atomic E-state index is 13.2. The summed E-state index contributed by atoms with van der Waals surface area (Å²) in [5.74, 6) is 0.306. The van der Waals surface area contributed by atoms with E-state index in [0.29, 0.717) is 11.0 Å². The van der Waals surface area contributed by atoms with E-state index in [1.54, 1.807) is 31.0 Å². The molecule has 9 heteroatoms. The minimum absolute atomic E-state index is 0.0732. The lowest BCUT2D eigenvalue weighted by atomic mass is 10.0. The van der Waals surface area contributed by atoms with E-state index in [2.05, 4.69) is 15.9 Å².